The van der Waals surface area contributed by atoms with Crippen molar-refractivity contribution in [3.05, 3.63) is 74.7 Å². The van der Waals surface area contributed by atoms with Gasteiger partial charge in [-0.3, -0.25) is 9.59 Å². The van der Waals surface area contributed by atoms with Crippen LogP contribution in [0.3, 0.4) is 0 Å². The maximum absolute atomic E-state index is 13.6. The third-order valence-electron chi connectivity index (χ3n) is 3.51. The molecule has 0 bridgehead atoms. The molecule has 132 valence electrons. The molecule has 0 aliphatic heterocycles. The quantitative estimate of drug-likeness (QED) is 0.563. The lowest BCUT2D eigenvalue weighted by Gasteiger charge is -2.08. The summed E-state index contributed by atoms with van der Waals surface area (Å²) in [6.45, 7) is 0. The molecule has 2 aromatic carbocycles. The summed E-state index contributed by atoms with van der Waals surface area (Å²) in [7, 11) is 0. The number of aromatic amines is 1. The third-order valence-corrected chi connectivity index (χ3v) is 3.51. The Hall–Kier alpha value is -3.75. The van der Waals surface area contributed by atoms with Crippen LogP contribution in [0.2, 0.25) is 0 Å². The van der Waals surface area contributed by atoms with Crippen molar-refractivity contribution in [1.82, 2.24) is 4.98 Å². The van der Waals surface area contributed by atoms with Gasteiger partial charge in [0.1, 0.15) is 17.3 Å². The van der Waals surface area contributed by atoms with Crippen LogP contribution in [0.1, 0.15) is 0 Å². The maximum atomic E-state index is 13.6. The van der Waals surface area contributed by atoms with E-state index in [1.807, 2.05) is 10.6 Å². The standard InChI is InChI=1S/C17H11F2N3O4/c18-8-5-6-10(19)12(7-8)21-17(26)22-13-14(23)9-3-1-2-4-11(9)20-16(25)15(13)24/h1-7H,(H4,20,21,22,23,24,25,26). The number of H-pyrrole nitrogens is 1. The van der Waals surface area contributed by atoms with Gasteiger partial charge in [0, 0.05) is 11.5 Å². The van der Waals surface area contributed by atoms with E-state index in [2.05, 4.69) is 4.98 Å². The van der Waals surface area contributed by atoms with Gasteiger partial charge in [0.2, 0.25) is 11.2 Å². The van der Waals surface area contributed by atoms with Gasteiger partial charge in [0.15, 0.2) is 0 Å². The summed E-state index contributed by atoms with van der Waals surface area (Å²) in [6.07, 6.45) is 0. The molecule has 26 heavy (non-hydrogen) atoms. The number of para-hydroxylation sites is 1. The monoisotopic (exact) mass is 359 g/mol. The Labute approximate surface area is 143 Å². The number of anilines is 2. The number of amides is 2. The van der Waals surface area contributed by atoms with E-state index in [9.17, 15) is 28.3 Å². The smallest absolute Gasteiger partial charge is 0.323 e. The van der Waals surface area contributed by atoms with Crippen molar-refractivity contribution in [2.45, 2.75) is 0 Å². The van der Waals surface area contributed by atoms with Crippen molar-refractivity contribution in [2.24, 2.45) is 0 Å². The van der Waals surface area contributed by atoms with Crippen molar-refractivity contribution in [3.8, 4) is 5.75 Å². The molecular weight excluding hydrogens is 348 g/mol. The van der Waals surface area contributed by atoms with E-state index in [0.717, 1.165) is 18.2 Å². The van der Waals surface area contributed by atoms with Crippen molar-refractivity contribution >= 4 is 28.3 Å². The summed E-state index contributed by atoms with van der Waals surface area (Å²) in [5, 5.41) is 14.0. The number of aromatic hydroxyl groups is 1. The number of halogens is 2. The molecule has 9 heteroatoms. The minimum absolute atomic E-state index is 0.0390. The van der Waals surface area contributed by atoms with Gasteiger partial charge in [0.05, 0.1) is 11.2 Å². The highest BCUT2D eigenvalue weighted by atomic mass is 19.1. The first-order valence-electron chi connectivity index (χ1n) is 7.28. The fourth-order valence-corrected chi connectivity index (χ4v) is 2.30. The molecule has 2 amide bonds. The first-order valence-corrected chi connectivity index (χ1v) is 7.28. The highest BCUT2D eigenvalue weighted by Crippen LogP contribution is 2.18. The lowest BCUT2D eigenvalue weighted by atomic mass is 10.2. The molecule has 0 aliphatic rings. The molecule has 1 heterocycles. The van der Waals surface area contributed by atoms with E-state index in [-0.39, 0.29) is 10.9 Å². The Morgan fingerprint density at radius 2 is 1.77 bits per heavy atom. The molecule has 1 aromatic heterocycles. The third kappa shape index (κ3) is 3.22. The number of fused-ring (bicyclic) bond motifs is 1. The first-order chi connectivity index (χ1) is 12.4. The van der Waals surface area contributed by atoms with E-state index in [0.29, 0.717) is 0 Å². The molecule has 0 saturated heterocycles. The number of rotatable bonds is 2. The van der Waals surface area contributed by atoms with Gasteiger partial charge in [0.25, 0.3) is 5.56 Å². The summed E-state index contributed by atoms with van der Waals surface area (Å²) >= 11 is 0. The Bertz CT molecular complexity index is 1140. The molecule has 0 saturated carbocycles. The topological polar surface area (TPSA) is 111 Å². The maximum Gasteiger partial charge on any atom is 0.323 e. The Morgan fingerprint density at radius 1 is 1.04 bits per heavy atom. The van der Waals surface area contributed by atoms with Crippen LogP contribution < -0.4 is 21.6 Å². The fourth-order valence-electron chi connectivity index (χ4n) is 2.30. The molecule has 0 spiro atoms. The molecule has 0 unspecified atom stereocenters. The van der Waals surface area contributed by atoms with Crippen molar-refractivity contribution in [2.75, 3.05) is 10.6 Å². The Balaban J connectivity index is 2.03. The van der Waals surface area contributed by atoms with Crippen LogP contribution in [0.15, 0.2) is 52.1 Å². The minimum Gasteiger partial charge on any atom is -0.501 e. The molecule has 3 aromatic rings. The average molecular weight is 359 g/mol. The summed E-state index contributed by atoms with van der Waals surface area (Å²) < 4.78 is 26.7. The normalized spacial score (nSPS) is 10.5. The van der Waals surface area contributed by atoms with Crippen LogP contribution >= 0.6 is 0 Å². The van der Waals surface area contributed by atoms with E-state index in [4.69, 9.17) is 0 Å². The summed E-state index contributed by atoms with van der Waals surface area (Å²) in [5.74, 6) is -2.71. The molecule has 4 N–H and O–H groups in total. The molecule has 7 nitrogen and oxygen atoms in total. The second-order valence-corrected chi connectivity index (χ2v) is 5.26. The van der Waals surface area contributed by atoms with Crippen molar-refractivity contribution < 1.29 is 18.7 Å². The molecule has 0 fully saturated rings. The second-order valence-electron chi connectivity index (χ2n) is 5.26. The van der Waals surface area contributed by atoms with E-state index in [1.54, 1.807) is 6.07 Å². The van der Waals surface area contributed by atoms with Gasteiger partial charge in [-0.25, -0.2) is 13.6 Å². The van der Waals surface area contributed by atoms with Crippen molar-refractivity contribution in [1.29, 1.82) is 0 Å². The van der Waals surface area contributed by atoms with Gasteiger partial charge in [-0.2, -0.15) is 0 Å². The fraction of sp³-hybridized carbons (Fsp3) is 0. The number of urea groups is 1. The van der Waals surface area contributed by atoms with Crippen LogP contribution in [0, 0.1) is 11.6 Å². The van der Waals surface area contributed by atoms with Gasteiger partial charge >= 0.3 is 6.03 Å². The SMILES string of the molecule is O=C(Nc1cc(F)ccc1F)Nc1c(O)c(=O)[nH]c2ccccc2c1=O. The first kappa shape index (κ1) is 17.1. The van der Waals surface area contributed by atoms with Crippen LogP contribution in [-0.2, 0) is 0 Å². The average Bonchev–Trinajstić information content (AvgIpc) is 2.69. The molecule has 0 aliphatic carbocycles. The van der Waals surface area contributed by atoms with Gasteiger partial charge in [-0.15, -0.1) is 0 Å². The van der Waals surface area contributed by atoms with Gasteiger partial charge in [-0.1, -0.05) is 12.1 Å². The Kier molecular flexibility index (Phi) is 4.36. The zero-order valence-electron chi connectivity index (χ0n) is 13.0. The summed E-state index contributed by atoms with van der Waals surface area (Å²) in [4.78, 5) is 38.8. The van der Waals surface area contributed by atoms with E-state index < -0.39 is 45.8 Å². The highest BCUT2D eigenvalue weighted by Gasteiger charge is 2.16. The van der Waals surface area contributed by atoms with Crippen LogP contribution in [-0.4, -0.2) is 16.1 Å². The predicted molar refractivity (Wildman–Crippen MR) is 91.5 cm³/mol. The lowest BCUT2D eigenvalue weighted by molar-refractivity contribution is 0.262. The van der Waals surface area contributed by atoms with Gasteiger partial charge < -0.3 is 20.7 Å². The zero-order valence-corrected chi connectivity index (χ0v) is 13.0. The lowest BCUT2D eigenvalue weighted by Crippen LogP contribution is -2.24. The van der Waals surface area contributed by atoms with Crippen LogP contribution in [0.5, 0.6) is 5.75 Å². The second kappa shape index (κ2) is 6.63. The van der Waals surface area contributed by atoms with Crippen molar-refractivity contribution in [3.63, 3.8) is 0 Å². The number of benzene rings is 2. The number of carbonyl (C=O) groups is 1. The van der Waals surface area contributed by atoms with Crippen LogP contribution in [0.4, 0.5) is 25.0 Å². The highest BCUT2D eigenvalue weighted by molar-refractivity contribution is 6.01. The van der Waals surface area contributed by atoms with E-state index in [1.165, 1.54) is 18.2 Å². The van der Waals surface area contributed by atoms with Crippen LogP contribution in [0.25, 0.3) is 10.9 Å². The minimum atomic E-state index is -1.14. The number of nitrogens with one attached hydrogen (secondary N) is 3. The summed E-state index contributed by atoms with van der Waals surface area (Å²) in [6, 6.07) is 7.21. The largest absolute Gasteiger partial charge is 0.501 e. The molecule has 0 radical (unpaired) electrons. The predicted octanol–water partition coefficient (Wildman–Crippen LogP) is 2.52. The molecule has 3 rings (SSSR count). The summed E-state index contributed by atoms with van der Waals surface area (Å²) in [5.41, 5.74) is -2.85. The number of hydrogen-bond donors (Lipinski definition) is 4. The van der Waals surface area contributed by atoms with Gasteiger partial charge in [-0.05, 0) is 24.3 Å². The number of carbonyl (C=O) groups excluding carboxylic acids is 1. The Morgan fingerprint density at radius 3 is 2.54 bits per heavy atom. The molecular formula is C17H11F2N3O4. The number of hydrogen-bond acceptors (Lipinski definition) is 4. The number of aromatic nitrogens is 1. The molecule has 0 atom stereocenters. The zero-order chi connectivity index (χ0) is 18.8. The van der Waals surface area contributed by atoms with E-state index >= 15 is 0 Å².